The van der Waals surface area contributed by atoms with E-state index in [4.69, 9.17) is 4.74 Å². The minimum atomic E-state index is -0.0546. The number of rotatable bonds is 9. The molecule has 1 amide bonds. The van der Waals surface area contributed by atoms with Crippen LogP contribution in [0.15, 0.2) is 28.7 Å². The van der Waals surface area contributed by atoms with Gasteiger partial charge in [0.25, 0.3) is 0 Å². The summed E-state index contributed by atoms with van der Waals surface area (Å²) in [6.45, 7) is 2.64. The SMILES string of the molecule is CCCCc1nnc(NC(=O)CCCOc2cccc(Br)c2)s1. The van der Waals surface area contributed by atoms with Crippen LogP contribution in [0.1, 0.15) is 37.6 Å². The summed E-state index contributed by atoms with van der Waals surface area (Å²) < 4.78 is 6.58. The Labute approximate surface area is 148 Å². The Morgan fingerprint density at radius 1 is 1.35 bits per heavy atom. The fourth-order valence-electron chi connectivity index (χ4n) is 1.89. The van der Waals surface area contributed by atoms with Crippen molar-refractivity contribution in [3.63, 3.8) is 0 Å². The Balaban J connectivity index is 1.66. The van der Waals surface area contributed by atoms with Crippen molar-refractivity contribution in [1.82, 2.24) is 10.2 Å². The summed E-state index contributed by atoms with van der Waals surface area (Å²) in [5.74, 6) is 0.741. The molecule has 0 spiro atoms. The van der Waals surface area contributed by atoms with Crippen molar-refractivity contribution in [3.05, 3.63) is 33.7 Å². The van der Waals surface area contributed by atoms with Gasteiger partial charge in [0.15, 0.2) is 0 Å². The molecule has 1 N–H and O–H groups in total. The maximum atomic E-state index is 11.9. The summed E-state index contributed by atoms with van der Waals surface area (Å²) in [6.07, 6.45) is 4.19. The van der Waals surface area contributed by atoms with Gasteiger partial charge in [0.1, 0.15) is 10.8 Å². The van der Waals surface area contributed by atoms with Gasteiger partial charge in [0.2, 0.25) is 11.0 Å². The molecule has 1 heterocycles. The highest BCUT2D eigenvalue weighted by molar-refractivity contribution is 9.10. The molecule has 0 aliphatic rings. The van der Waals surface area contributed by atoms with Gasteiger partial charge in [-0.15, -0.1) is 10.2 Å². The highest BCUT2D eigenvalue weighted by atomic mass is 79.9. The first-order chi connectivity index (χ1) is 11.2. The Hall–Kier alpha value is -1.47. The lowest BCUT2D eigenvalue weighted by Gasteiger charge is -2.06. The number of nitrogens with zero attached hydrogens (tertiary/aromatic N) is 2. The van der Waals surface area contributed by atoms with Crippen molar-refractivity contribution in [2.75, 3.05) is 11.9 Å². The van der Waals surface area contributed by atoms with Crippen LogP contribution < -0.4 is 10.1 Å². The Kier molecular flexibility index (Phi) is 7.48. The van der Waals surface area contributed by atoms with Crippen molar-refractivity contribution < 1.29 is 9.53 Å². The summed E-state index contributed by atoms with van der Waals surface area (Å²) in [6, 6.07) is 7.65. The van der Waals surface area contributed by atoms with Gasteiger partial charge in [-0.1, -0.05) is 46.7 Å². The van der Waals surface area contributed by atoms with Gasteiger partial charge in [0.05, 0.1) is 6.61 Å². The average molecular weight is 398 g/mol. The number of anilines is 1. The van der Waals surface area contributed by atoms with E-state index in [9.17, 15) is 4.79 Å². The topological polar surface area (TPSA) is 64.1 Å². The van der Waals surface area contributed by atoms with Gasteiger partial charge >= 0.3 is 0 Å². The Morgan fingerprint density at radius 2 is 2.22 bits per heavy atom. The highest BCUT2D eigenvalue weighted by Gasteiger charge is 2.08. The number of halogens is 1. The van der Waals surface area contributed by atoms with E-state index < -0.39 is 0 Å². The van der Waals surface area contributed by atoms with Crippen molar-refractivity contribution in [2.45, 2.75) is 39.0 Å². The number of aryl methyl sites for hydroxylation is 1. The lowest BCUT2D eigenvalue weighted by Crippen LogP contribution is -2.12. The standard InChI is InChI=1S/C16H20BrN3O2S/c1-2-3-9-15-19-20-16(23-15)18-14(21)8-5-10-22-13-7-4-6-12(17)11-13/h4,6-7,11H,2-3,5,8-10H2,1H3,(H,18,20,21). The molecule has 0 aliphatic carbocycles. The first-order valence-corrected chi connectivity index (χ1v) is 9.29. The summed E-state index contributed by atoms with van der Waals surface area (Å²) in [5.41, 5.74) is 0. The highest BCUT2D eigenvalue weighted by Crippen LogP contribution is 2.19. The number of unbranched alkanes of at least 4 members (excludes halogenated alkanes) is 1. The fourth-order valence-corrected chi connectivity index (χ4v) is 3.07. The number of carbonyl (C=O) groups is 1. The zero-order valence-corrected chi connectivity index (χ0v) is 15.5. The lowest BCUT2D eigenvalue weighted by molar-refractivity contribution is -0.116. The third-order valence-electron chi connectivity index (χ3n) is 3.07. The molecule has 0 fully saturated rings. The molecule has 2 rings (SSSR count). The average Bonchev–Trinajstić information content (AvgIpc) is 2.97. The van der Waals surface area contributed by atoms with Gasteiger partial charge in [-0.2, -0.15) is 0 Å². The van der Waals surface area contributed by atoms with E-state index in [0.717, 1.165) is 34.5 Å². The summed E-state index contributed by atoms with van der Waals surface area (Å²) in [4.78, 5) is 11.9. The van der Waals surface area contributed by atoms with E-state index in [1.165, 1.54) is 11.3 Å². The molecule has 0 radical (unpaired) electrons. The smallest absolute Gasteiger partial charge is 0.226 e. The number of hydrogen-bond donors (Lipinski definition) is 1. The number of carbonyl (C=O) groups excluding carboxylic acids is 1. The van der Waals surface area contributed by atoms with Gasteiger partial charge in [-0.25, -0.2) is 0 Å². The Bertz CT molecular complexity index is 633. The van der Waals surface area contributed by atoms with Crippen LogP contribution in [0.3, 0.4) is 0 Å². The molecule has 0 atom stereocenters. The predicted molar refractivity (Wildman–Crippen MR) is 96.0 cm³/mol. The van der Waals surface area contributed by atoms with Crippen LogP contribution in [0.2, 0.25) is 0 Å². The monoisotopic (exact) mass is 397 g/mol. The van der Waals surface area contributed by atoms with Crippen LogP contribution in [0.25, 0.3) is 0 Å². The molecule has 5 nitrogen and oxygen atoms in total. The minimum absolute atomic E-state index is 0.0546. The molecule has 23 heavy (non-hydrogen) atoms. The predicted octanol–water partition coefficient (Wildman–Crippen LogP) is 4.44. The molecule has 2 aromatic rings. The first-order valence-electron chi connectivity index (χ1n) is 7.68. The van der Waals surface area contributed by atoms with Crippen molar-refractivity contribution in [3.8, 4) is 5.75 Å². The maximum absolute atomic E-state index is 11.9. The zero-order chi connectivity index (χ0) is 16.5. The number of ether oxygens (including phenoxy) is 1. The summed E-state index contributed by atoms with van der Waals surface area (Å²) >= 11 is 4.84. The number of aromatic nitrogens is 2. The van der Waals surface area contributed by atoms with Crippen LogP contribution in [-0.4, -0.2) is 22.7 Å². The third-order valence-corrected chi connectivity index (χ3v) is 4.46. The van der Waals surface area contributed by atoms with E-state index >= 15 is 0 Å². The van der Waals surface area contributed by atoms with Crippen molar-refractivity contribution in [2.24, 2.45) is 0 Å². The molecule has 0 saturated heterocycles. The second-order valence-electron chi connectivity index (χ2n) is 5.06. The molecule has 0 bridgehead atoms. The normalized spacial score (nSPS) is 10.5. The first kappa shape index (κ1) is 17.9. The quantitative estimate of drug-likeness (QED) is 0.635. The molecular formula is C16H20BrN3O2S. The van der Waals surface area contributed by atoms with Gasteiger partial charge in [-0.3, -0.25) is 4.79 Å². The number of hydrogen-bond acceptors (Lipinski definition) is 5. The van der Waals surface area contributed by atoms with Crippen LogP contribution >= 0.6 is 27.3 Å². The molecule has 0 aliphatic heterocycles. The van der Waals surface area contributed by atoms with E-state index in [0.29, 0.717) is 24.6 Å². The molecule has 124 valence electrons. The van der Waals surface area contributed by atoms with Gasteiger partial charge in [-0.05, 0) is 31.0 Å². The van der Waals surface area contributed by atoms with E-state index in [1.54, 1.807) is 0 Å². The van der Waals surface area contributed by atoms with Gasteiger partial charge < -0.3 is 10.1 Å². The number of nitrogens with one attached hydrogen (secondary N) is 1. The molecular weight excluding hydrogens is 378 g/mol. The van der Waals surface area contributed by atoms with Crippen LogP contribution in [0.4, 0.5) is 5.13 Å². The summed E-state index contributed by atoms with van der Waals surface area (Å²) in [5, 5.41) is 12.4. The van der Waals surface area contributed by atoms with Gasteiger partial charge in [0, 0.05) is 17.3 Å². The number of amides is 1. The van der Waals surface area contributed by atoms with Crippen LogP contribution in [0.5, 0.6) is 5.75 Å². The molecule has 1 aromatic heterocycles. The van der Waals surface area contributed by atoms with Crippen molar-refractivity contribution in [1.29, 1.82) is 0 Å². The van der Waals surface area contributed by atoms with Crippen molar-refractivity contribution >= 4 is 38.3 Å². The minimum Gasteiger partial charge on any atom is -0.494 e. The molecule has 0 saturated carbocycles. The van der Waals surface area contributed by atoms with E-state index in [1.807, 2.05) is 24.3 Å². The van der Waals surface area contributed by atoms with Crippen LogP contribution in [-0.2, 0) is 11.2 Å². The molecule has 0 unspecified atom stereocenters. The maximum Gasteiger partial charge on any atom is 0.226 e. The largest absolute Gasteiger partial charge is 0.494 e. The van der Waals surface area contributed by atoms with Crippen LogP contribution in [0, 0.1) is 0 Å². The third kappa shape index (κ3) is 6.66. The second kappa shape index (κ2) is 9.62. The zero-order valence-electron chi connectivity index (χ0n) is 13.0. The second-order valence-corrected chi connectivity index (χ2v) is 7.04. The Morgan fingerprint density at radius 3 is 3.00 bits per heavy atom. The summed E-state index contributed by atoms with van der Waals surface area (Å²) in [7, 11) is 0. The number of benzene rings is 1. The molecule has 7 heteroatoms. The molecule has 1 aromatic carbocycles. The fraction of sp³-hybridized carbons (Fsp3) is 0.438. The van der Waals surface area contributed by atoms with E-state index in [-0.39, 0.29) is 5.91 Å². The van der Waals surface area contributed by atoms with E-state index in [2.05, 4.69) is 38.4 Å². The lowest BCUT2D eigenvalue weighted by atomic mass is 10.3.